The van der Waals surface area contributed by atoms with Gasteiger partial charge >= 0.3 is 0 Å². The Morgan fingerprint density at radius 1 is 1.04 bits per heavy atom. The zero-order valence-corrected chi connectivity index (χ0v) is 12.8. The molecule has 0 saturated heterocycles. The van der Waals surface area contributed by atoms with Gasteiger partial charge in [-0.3, -0.25) is 9.59 Å². The molecule has 2 aromatic carbocycles. The Morgan fingerprint density at radius 2 is 1.70 bits per heavy atom. The van der Waals surface area contributed by atoms with Gasteiger partial charge in [-0.1, -0.05) is 0 Å². The van der Waals surface area contributed by atoms with E-state index in [4.69, 9.17) is 0 Å². The largest absolute Gasteiger partial charge is 0.378 e. The van der Waals surface area contributed by atoms with Crippen LogP contribution in [0.2, 0.25) is 0 Å². The van der Waals surface area contributed by atoms with Crippen LogP contribution in [-0.4, -0.2) is 32.3 Å². The van der Waals surface area contributed by atoms with Crippen molar-refractivity contribution in [3.8, 4) is 0 Å². The smallest absolute Gasteiger partial charge is 0.254 e. The van der Waals surface area contributed by atoms with E-state index >= 15 is 0 Å². The van der Waals surface area contributed by atoms with Gasteiger partial charge in [0, 0.05) is 31.4 Å². The van der Waals surface area contributed by atoms with Crippen LogP contribution in [-0.2, 0) is 0 Å². The Morgan fingerprint density at radius 3 is 2.26 bits per heavy atom. The summed E-state index contributed by atoms with van der Waals surface area (Å²) in [5.74, 6) is -2.80. The molecule has 0 fully saturated rings. The molecule has 2 aromatic rings. The number of Topliss-reactive ketones (excluding diaryl/α,β-unsaturated/α-hetero) is 1. The quantitative estimate of drug-likeness (QED) is 0.862. The number of benzene rings is 2. The van der Waals surface area contributed by atoms with Gasteiger partial charge in [0.15, 0.2) is 5.78 Å². The molecule has 0 bridgehead atoms. The summed E-state index contributed by atoms with van der Waals surface area (Å²) < 4.78 is 26.3. The van der Waals surface area contributed by atoms with E-state index in [1.165, 1.54) is 0 Å². The number of nitrogens with zero attached hydrogens (tertiary/aromatic N) is 1. The van der Waals surface area contributed by atoms with Crippen LogP contribution in [0.4, 0.5) is 14.5 Å². The van der Waals surface area contributed by atoms with Crippen molar-refractivity contribution in [1.29, 1.82) is 0 Å². The third-order valence-electron chi connectivity index (χ3n) is 3.29. The lowest BCUT2D eigenvalue weighted by Crippen LogP contribution is -2.30. The number of anilines is 1. The number of halogens is 2. The molecule has 0 radical (unpaired) electrons. The van der Waals surface area contributed by atoms with E-state index in [0.29, 0.717) is 11.6 Å². The monoisotopic (exact) mass is 318 g/mol. The Bertz CT molecular complexity index is 728. The molecule has 0 aliphatic heterocycles. The maximum absolute atomic E-state index is 13.5. The minimum Gasteiger partial charge on any atom is -0.378 e. The van der Waals surface area contributed by atoms with Crippen LogP contribution in [0.3, 0.4) is 0 Å². The van der Waals surface area contributed by atoms with Crippen molar-refractivity contribution in [1.82, 2.24) is 5.32 Å². The Labute approximate surface area is 132 Å². The molecule has 1 N–H and O–H groups in total. The van der Waals surface area contributed by atoms with Crippen LogP contribution in [0.1, 0.15) is 20.7 Å². The van der Waals surface area contributed by atoms with Gasteiger partial charge in [-0.25, -0.2) is 8.78 Å². The molecule has 0 unspecified atom stereocenters. The van der Waals surface area contributed by atoms with Crippen LogP contribution < -0.4 is 10.2 Å². The van der Waals surface area contributed by atoms with Crippen LogP contribution in [0.25, 0.3) is 0 Å². The van der Waals surface area contributed by atoms with E-state index in [9.17, 15) is 18.4 Å². The standard InChI is InChI=1S/C17H16F2N2O2/c1-21(2)13-6-3-11(4-7-13)16(22)10-20-17(23)14-8-5-12(18)9-15(14)19/h3-9H,10H2,1-2H3,(H,20,23). The van der Waals surface area contributed by atoms with E-state index in [2.05, 4.69) is 5.32 Å². The molecule has 0 spiro atoms. The summed E-state index contributed by atoms with van der Waals surface area (Å²) in [5, 5.41) is 2.33. The van der Waals surface area contributed by atoms with Crippen molar-refractivity contribution >= 4 is 17.4 Å². The normalized spacial score (nSPS) is 10.3. The lowest BCUT2D eigenvalue weighted by Gasteiger charge is -2.12. The van der Waals surface area contributed by atoms with Gasteiger partial charge in [-0.05, 0) is 36.4 Å². The molecule has 120 valence electrons. The van der Waals surface area contributed by atoms with E-state index in [1.54, 1.807) is 24.3 Å². The predicted octanol–water partition coefficient (Wildman–Crippen LogP) is 2.64. The number of carbonyl (C=O) groups is 2. The molecular weight excluding hydrogens is 302 g/mol. The van der Waals surface area contributed by atoms with Crippen molar-refractivity contribution in [3.05, 3.63) is 65.2 Å². The van der Waals surface area contributed by atoms with Gasteiger partial charge in [0.2, 0.25) is 0 Å². The van der Waals surface area contributed by atoms with E-state index in [-0.39, 0.29) is 17.9 Å². The number of ketones is 1. The molecule has 4 nitrogen and oxygen atoms in total. The number of carbonyl (C=O) groups excluding carboxylic acids is 2. The highest BCUT2D eigenvalue weighted by molar-refractivity contribution is 6.02. The summed E-state index contributed by atoms with van der Waals surface area (Å²) in [7, 11) is 3.77. The van der Waals surface area contributed by atoms with Crippen molar-refractivity contribution in [2.45, 2.75) is 0 Å². The van der Waals surface area contributed by atoms with Crippen LogP contribution in [0, 0.1) is 11.6 Å². The third-order valence-corrected chi connectivity index (χ3v) is 3.29. The van der Waals surface area contributed by atoms with Gasteiger partial charge in [-0.15, -0.1) is 0 Å². The third kappa shape index (κ3) is 4.12. The van der Waals surface area contributed by atoms with Gasteiger partial charge < -0.3 is 10.2 Å². The highest BCUT2D eigenvalue weighted by Crippen LogP contribution is 2.13. The molecule has 6 heteroatoms. The fourth-order valence-electron chi connectivity index (χ4n) is 1.98. The summed E-state index contributed by atoms with van der Waals surface area (Å²) in [5.41, 5.74) is 1.08. The first-order valence-electron chi connectivity index (χ1n) is 6.92. The molecule has 2 rings (SSSR count). The van der Waals surface area contributed by atoms with E-state index in [1.807, 2.05) is 19.0 Å². The molecule has 0 atom stereocenters. The molecular formula is C17H16F2N2O2. The zero-order valence-electron chi connectivity index (χ0n) is 12.8. The molecule has 0 heterocycles. The van der Waals surface area contributed by atoms with Crippen molar-refractivity contribution in [2.24, 2.45) is 0 Å². The molecule has 0 saturated carbocycles. The Hall–Kier alpha value is -2.76. The van der Waals surface area contributed by atoms with Crippen molar-refractivity contribution in [3.63, 3.8) is 0 Å². The van der Waals surface area contributed by atoms with Crippen LogP contribution in [0.15, 0.2) is 42.5 Å². The number of nitrogens with one attached hydrogen (secondary N) is 1. The second-order valence-electron chi connectivity index (χ2n) is 5.17. The number of hydrogen-bond acceptors (Lipinski definition) is 3. The lowest BCUT2D eigenvalue weighted by atomic mass is 10.1. The fraction of sp³-hybridized carbons (Fsp3) is 0.176. The maximum atomic E-state index is 13.5. The summed E-state index contributed by atoms with van der Waals surface area (Å²) in [6, 6.07) is 9.53. The molecule has 0 aromatic heterocycles. The topological polar surface area (TPSA) is 49.4 Å². The van der Waals surface area contributed by atoms with E-state index in [0.717, 1.165) is 17.8 Å². The SMILES string of the molecule is CN(C)c1ccc(C(=O)CNC(=O)c2ccc(F)cc2F)cc1. The van der Waals surface area contributed by atoms with Gasteiger partial charge in [0.05, 0.1) is 12.1 Å². The average Bonchev–Trinajstić information content (AvgIpc) is 2.52. The first kappa shape index (κ1) is 16.6. The summed E-state index contributed by atoms with van der Waals surface area (Å²) >= 11 is 0. The molecule has 1 amide bonds. The molecule has 0 aliphatic rings. The summed E-state index contributed by atoms with van der Waals surface area (Å²) in [6.45, 7) is -0.267. The van der Waals surface area contributed by atoms with Gasteiger partial charge in [-0.2, -0.15) is 0 Å². The average molecular weight is 318 g/mol. The van der Waals surface area contributed by atoms with Gasteiger partial charge in [0.1, 0.15) is 11.6 Å². The second kappa shape index (κ2) is 7.00. The van der Waals surface area contributed by atoms with Crippen molar-refractivity contribution < 1.29 is 18.4 Å². The number of rotatable bonds is 5. The zero-order chi connectivity index (χ0) is 17.0. The summed E-state index contributed by atoms with van der Waals surface area (Å²) in [4.78, 5) is 25.7. The molecule has 0 aliphatic carbocycles. The van der Waals surface area contributed by atoms with Crippen molar-refractivity contribution in [2.75, 3.05) is 25.5 Å². The minimum atomic E-state index is -0.967. The highest BCUT2D eigenvalue weighted by atomic mass is 19.1. The summed E-state index contributed by atoms with van der Waals surface area (Å²) in [6.07, 6.45) is 0. The number of hydrogen-bond donors (Lipinski definition) is 1. The van der Waals surface area contributed by atoms with E-state index < -0.39 is 17.5 Å². The lowest BCUT2D eigenvalue weighted by molar-refractivity contribution is 0.0901. The maximum Gasteiger partial charge on any atom is 0.254 e. The first-order chi connectivity index (χ1) is 10.9. The fourth-order valence-corrected chi connectivity index (χ4v) is 1.98. The Kier molecular flexibility index (Phi) is 5.05. The Balaban J connectivity index is 1.99. The first-order valence-corrected chi connectivity index (χ1v) is 6.92. The van der Waals surface area contributed by atoms with Gasteiger partial charge in [0.25, 0.3) is 5.91 Å². The van der Waals surface area contributed by atoms with Crippen LogP contribution >= 0.6 is 0 Å². The highest BCUT2D eigenvalue weighted by Gasteiger charge is 2.14. The second-order valence-corrected chi connectivity index (χ2v) is 5.17. The minimum absolute atomic E-state index is 0.267. The van der Waals surface area contributed by atoms with Crippen LogP contribution in [0.5, 0.6) is 0 Å². The predicted molar refractivity (Wildman–Crippen MR) is 83.8 cm³/mol. The molecule has 23 heavy (non-hydrogen) atoms. The number of amides is 1.